The minimum absolute atomic E-state index is 0.00566. The fourth-order valence-corrected chi connectivity index (χ4v) is 9.24. The molecule has 0 saturated heterocycles. The summed E-state index contributed by atoms with van der Waals surface area (Å²) in [6.07, 6.45) is 0. The highest BCUT2D eigenvalue weighted by molar-refractivity contribution is 5.99. The SMILES string of the molecule is CC1(C)c2ccccc2-c2cc(-c3ccc(N(c4ccc(-c5ccc6c(c5)-c5ccccc5C6(C)C)cc4)c4cccc5ccccc45)cc3)ccc21. The molecule has 0 fully saturated rings. The van der Waals surface area contributed by atoms with Crippen LogP contribution in [0.4, 0.5) is 17.1 Å². The molecule has 0 heterocycles. The van der Waals surface area contributed by atoms with E-state index in [2.05, 4.69) is 209 Å². The second-order valence-corrected chi connectivity index (χ2v) is 15.8. The standard InChI is InChI=1S/C52H41N/c1-51(2)46-17-9-7-15-42(46)44-32-37(24-30-48(44)51)34-20-26-39(27-21-34)53(50-19-11-13-36-12-5-6-14-41(36)50)40-28-22-35(23-29-40)38-25-31-49-45(33-38)43-16-8-10-18-47(43)52(49,3)4/h5-33H,1-4H3. The van der Waals surface area contributed by atoms with Crippen molar-refractivity contribution in [1.29, 1.82) is 0 Å². The molecule has 2 aliphatic rings. The first kappa shape index (κ1) is 31.5. The molecular formula is C52H41N. The van der Waals surface area contributed by atoms with E-state index in [1.165, 1.54) is 77.5 Å². The molecule has 0 aliphatic heterocycles. The van der Waals surface area contributed by atoms with Crippen molar-refractivity contribution in [3.05, 3.63) is 198 Å². The summed E-state index contributed by atoms with van der Waals surface area (Å²) in [6.45, 7) is 9.36. The van der Waals surface area contributed by atoms with Gasteiger partial charge in [0.2, 0.25) is 0 Å². The van der Waals surface area contributed by atoms with Gasteiger partial charge >= 0.3 is 0 Å². The number of anilines is 3. The van der Waals surface area contributed by atoms with Crippen LogP contribution in [0.2, 0.25) is 0 Å². The average Bonchev–Trinajstić information content (AvgIpc) is 3.57. The lowest BCUT2D eigenvalue weighted by Gasteiger charge is -2.27. The fourth-order valence-electron chi connectivity index (χ4n) is 9.24. The molecule has 1 heteroatoms. The first-order valence-electron chi connectivity index (χ1n) is 18.8. The third-order valence-electron chi connectivity index (χ3n) is 12.1. The summed E-state index contributed by atoms with van der Waals surface area (Å²) in [6, 6.07) is 65.3. The van der Waals surface area contributed by atoms with Crippen LogP contribution < -0.4 is 4.90 Å². The maximum atomic E-state index is 2.40. The van der Waals surface area contributed by atoms with Crippen molar-refractivity contribution in [2.75, 3.05) is 4.90 Å². The van der Waals surface area contributed by atoms with Gasteiger partial charge in [-0.2, -0.15) is 0 Å². The normalized spacial score (nSPS) is 14.3. The lowest BCUT2D eigenvalue weighted by Crippen LogP contribution is -2.14. The van der Waals surface area contributed by atoms with Crippen molar-refractivity contribution in [2.24, 2.45) is 0 Å². The molecule has 0 N–H and O–H groups in total. The lowest BCUT2D eigenvalue weighted by molar-refractivity contribution is 0.660. The van der Waals surface area contributed by atoms with Gasteiger partial charge in [0.1, 0.15) is 0 Å². The Morgan fingerprint density at radius 2 is 0.755 bits per heavy atom. The quantitative estimate of drug-likeness (QED) is 0.175. The first-order chi connectivity index (χ1) is 25.8. The summed E-state index contributed by atoms with van der Waals surface area (Å²) in [5.41, 5.74) is 19.4. The molecule has 0 aromatic heterocycles. The van der Waals surface area contributed by atoms with Crippen molar-refractivity contribution in [2.45, 2.75) is 38.5 Å². The van der Waals surface area contributed by atoms with Crippen molar-refractivity contribution in [1.82, 2.24) is 0 Å². The lowest BCUT2D eigenvalue weighted by atomic mass is 9.82. The smallest absolute Gasteiger partial charge is 0.0540 e. The molecule has 0 unspecified atom stereocenters. The monoisotopic (exact) mass is 679 g/mol. The molecule has 8 aromatic carbocycles. The largest absolute Gasteiger partial charge is 0.310 e. The zero-order valence-electron chi connectivity index (χ0n) is 30.7. The highest BCUT2D eigenvalue weighted by Crippen LogP contribution is 2.51. The molecule has 10 rings (SSSR count). The highest BCUT2D eigenvalue weighted by atomic mass is 15.1. The van der Waals surface area contributed by atoms with E-state index >= 15 is 0 Å². The van der Waals surface area contributed by atoms with Crippen LogP contribution >= 0.6 is 0 Å². The van der Waals surface area contributed by atoms with Gasteiger partial charge in [-0.15, -0.1) is 0 Å². The van der Waals surface area contributed by atoms with E-state index < -0.39 is 0 Å². The van der Waals surface area contributed by atoms with Crippen LogP contribution in [0.1, 0.15) is 49.9 Å². The van der Waals surface area contributed by atoms with Crippen molar-refractivity contribution in [3.8, 4) is 44.5 Å². The van der Waals surface area contributed by atoms with Crippen LogP contribution in [0.3, 0.4) is 0 Å². The zero-order valence-corrected chi connectivity index (χ0v) is 30.7. The van der Waals surface area contributed by atoms with Crippen molar-refractivity contribution < 1.29 is 0 Å². The molecule has 0 atom stereocenters. The second kappa shape index (κ2) is 11.7. The molecule has 2 aliphatic carbocycles. The molecule has 0 radical (unpaired) electrons. The Kier molecular flexibility index (Phi) is 6.94. The number of fused-ring (bicyclic) bond motifs is 7. The third kappa shape index (κ3) is 4.84. The van der Waals surface area contributed by atoms with Gasteiger partial charge in [-0.3, -0.25) is 0 Å². The molecule has 1 nitrogen and oxygen atoms in total. The van der Waals surface area contributed by atoms with Crippen LogP contribution in [0, 0.1) is 0 Å². The maximum Gasteiger partial charge on any atom is 0.0540 e. The van der Waals surface area contributed by atoms with Crippen LogP contribution in [-0.4, -0.2) is 0 Å². The Balaban J connectivity index is 1.04. The van der Waals surface area contributed by atoms with E-state index in [1.54, 1.807) is 0 Å². The van der Waals surface area contributed by atoms with E-state index in [0.717, 1.165) is 17.1 Å². The van der Waals surface area contributed by atoms with Crippen LogP contribution in [0.5, 0.6) is 0 Å². The van der Waals surface area contributed by atoms with Crippen molar-refractivity contribution >= 4 is 27.8 Å². The van der Waals surface area contributed by atoms with Gasteiger partial charge in [-0.05, 0) is 115 Å². The molecule has 0 amide bonds. The van der Waals surface area contributed by atoms with Crippen LogP contribution in [0.25, 0.3) is 55.3 Å². The van der Waals surface area contributed by atoms with E-state index in [-0.39, 0.29) is 10.8 Å². The molecule has 0 saturated carbocycles. The topological polar surface area (TPSA) is 3.24 Å². The van der Waals surface area contributed by atoms with Gasteiger partial charge in [-0.25, -0.2) is 0 Å². The fraction of sp³-hybridized carbons (Fsp3) is 0.115. The van der Waals surface area contributed by atoms with E-state index in [1.807, 2.05) is 0 Å². The summed E-state index contributed by atoms with van der Waals surface area (Å²) in [5, 5.41) is 2.45. The first-order valence-corrected chi connectivity index (χ1v) is 18.8. The average molecular weight is 680 g/mol. The van der Waals surface area contributed by atoms with E-state index in [4.69, 9.17) is 0 Å². The summed E-state index contributed by atoms with van der Waals surface area (Å²) in [4.78, 5) is 2.40. The van der Waals surface area contributed by atoms with Gasteiger partial charge in [0, 0.05) is 27.6 Å². The van der Waals surface area contributed by atoms with Crippen LogP contribution in [-0.2, 0) is 10.8 Å². The Labute approximate surface area is 312 Å². The summed E-state index contributed by atoms with van der Waals surface area (Å²) in [5.74, 6) is 0. The number of benzene rings is 8. The van der Waals surface area contributed by atoms with E-state index in [9.17, 15) is 0 Å². The maximum absolute atomic E-state index is 2.40. The predicted molar refractivity (Wildman–Crippen MR) is 225 cm³/mol. The van der Waals surface area contributed by atoms with Crippen LogP contribution in [0.15, 0.2) is 176 Å². The minimum atomic E-state index is 0.00566. The molecule has 53 heavy (non-hydrogen) atoms. The number of hydrogen-bond donors (Lipinski definition) is 0. The Hall–Kier alpha value is -6.18. The Morgan fingerprint density at radius 1 is 0.340 bits per heavy atom. The van der Waals surface area contributed by atoms with Gasteiger partial charge in [-0.1, -0.05) is 161 Å². The number of hydrogen-bond acceptors (Lipinski definition) is 1. The Morgan fingerprint density at radius 3 is 1.28 bits per heavy atom. The highest BCUT2D eigenvalue weighted by Gasteiger charge is 2.36. The van der Waals surface area contributed by atoms with Gasteiger partial charge in [0.25, 0.3) is 0 Å². The predicted octanol–water partition coefficient (Wildman–Crippen LogP) is 14.3. The summed E-state index contributed by atoms with van der Waals surface area (Å²) < 4.78 is 0. The number of nitrogens with zero attached hydrogens (tertiary/aromatic N) is 1. The summed E-state index contributed by atoms with van der Waals surface area (Å²) >= 11 is 0. The molecule has 8 aromatic rings. The zero-order chi connectivity index (χ0) is 35.9. The Bertz CT molecular complexity index is 2550. The molecular weight excluding hydrogens is 639 g/mol. The molecule has 0 spiro atoms. The van der Waals surface area contributed by atoms with Gasteiger partial charge in [0.05, 0.1) is 5.69 Å². The third-order valence-corrected chi connectivity index (χ3v) is 12.1. The summed E-state index contributed by atoms with van der Waals surface area (Å²) in [7, 11) is 0. The minimum Gasteiger partial charge on any atom is -0.310 e. The van der Waals surface area contributed by atoms with Gasteiger partial charge in [0.15, 0.2) is 0 Å². The molecule has 0 bridgehead atoms. The van der Waals surface area contributed by atoms with Gasteiger partial charge < -0.3 is 4.90 Å². The molecule has 254 valence electrons. The second-order valence-electron chi connectivity index (χ2n) is 15.8. The van der Waals surface area contributed by atoms with E-state index in [0.29, 0.717) is 0 Å². The number of rotatable bonds is 5. The van der Waals surface area contributed by atoms with Crippen molar-refractivity contribution in [3.63, 3.8) is 0 Å².